The predicted molar refractivity (Wildman–Crippen MR) is 82.2 cm³/mol. The predicted octanol–water partition coefficient (Wildman–Crippen LogP) is 1.42. The first-order valence-corrected chi connectivity index (χ1v) is 7.96. The normalized spacial score (nSPS) is 17.1. The summed E-state index contributed by atoms with van der Waals surface area (Å²) in [6.45, 7) is 4.00. The summed E-state index contributed by atoms with van der Waals surface area (Å²) < 4.78 is 0.717. The van der Waals surface area contributed by atoms with Crippen LogP contribution in [-0.2, 0) is 6.54 Å². The van der Waals surface area contributed by atoms with Crippen molar-refractivity contribution in [3.8, 4) is 0 Å². The number of H-pyrrole nitrogens is 1. The topological polar surface area (TPSA) is 61.0 Å². The van der Waals surface area contributed by atoms with E-state index in [4.69, 9.17) is 0 Å². The van der Waals surface area contributed by atoms with Crippen LogP contribution in [0.4, 0.5) is 0 Å². The highest BCUT2D eigenvalue weighted by atomic mass is 32.1. The summed E-state index contributed by atoms with van der Waals surface area (Å²) in [7, 11) is 2.10. The van der Waals surface area contributed by atoms with Crippen LogP contribution >= 0.6 is 11.3 Å². The molecule has 2 aromatic heterocycles. The maximum Gasteiger partial charge on any atom is 0.268 e. The molecule has 2 N–H and O–H groups in total. The average Bonchev–Trinajstić information content (AvgIpc) is 2.88. The number of rotatable bonds is 4. The third kappa shape index (κ3) is 3.08. The van der Waals surface area contributed by atoms with Gasteiger partial charge in [0, 0.05) is 6.54 Å². The first-order chi connectivity index (χ1) is 9.72. The average molecular weight is 292 g/mol. The molecule has 3 rings (SSSR count). The number of fused-ring (bicyclic) bond motifs is 1. The highest BCUT2D eigenvalue weighted by Crippen LogP contribution is 2.15. The molecule has 1 fully saturated rings. The van der Waals surface area contributed by atoms with Gasteiger partial charge >= 0.3 is 0 Å². The fourth-order valence-corrected chi connectivity index (χ4v) is 3.55. The molecule has 0 saturated carbocycles. The number of hydrogen-bond donors (Lipinski definition) is 2. The third-order valence-corrected chi connectivity index (χ3v) is 4.71. The Morgan fingerprint density at radius 3 is 3.05 bits per heavy atom. The lowest BCUT2D eigenvalue weighted by molar-refractivity contribution is 0.230. The highest BCUT2D eigenvalue weighted by Gasteiger charge is 2.16. The van der Waals surface area contributed by atoms with Gasteiger partial charge in [0.2, 0.25) is 0 Å². The third-order valence-electron chi connectivity index (χ3n) is 3.81. The Morgan fingerprint density at radius 1 is 1.45 bits per heavy atom. The quantitative estimate of drug-likeness (QED) is 0.894. The van der Waals surface area contributed by atoms with Gasteiger partial charge in [-0.1, -0.05) is 0 Å². The zero-order valence-electron chi connectivity index (χ0n) is 11.7. The lowest BCUT2D eigenvalue weighted by atomic mass is 9.98. The van der Waals surface area contributed by atoms with E-state index in [-0.39, 0.29) is 5.56 Å². The van der Waals surface area contributed by atoms with Crippen LogP contribution in [0.3, 0.4) is 0 Å². The van der Waals surface area contributed by atoms with Crippen molar-refractivity contribution in [1.29, 1.82) is 0 Å². The van der Waals surface area contributed by atoms with Gasteiger partial charge in [-0.3, -0.25) is 9.69 Å². The fraction of sp³-hybridized carbons (Fsp3) is 0.571. The Morgan fingerprint density at radius 2 is 2.25 bits per heavy atom. The number of nitrogens with zero attached hydrogens (tertiary/aromatic N) is 2. The van der Waals surface area contributed by atoms with Gasteiger partial charge in [-0.05, 0) is 50.3 Å². The van der Waals surface area contributed by atoms with Gasteiger partial charge in [0.25, 0.3) is 5.56 Å². The van der Waals surface area contributed by atoms with Gasteiger partial charge in [-0.15, -0.1) is 11.3 Å². The molecule has 0 unspecified atom stereocenters. The molecule has 0 atom stereocenters. The molecule has 1 aliphatic rings. The van der Waals surface area contributed by atoms with Crippen molar-refractivity contribution in [3.05, 3.63) is 27.6 Å². The lowest BCUT2D eigenvalue weighted by Gasteiger charge is -2.27. The highest BCUT2D eigenvalue weighted by molar-refractivity contribution is 7.17. The molecule has 0 bridgehead atoms. The molecule has 3 heterocycles. The molecule has 1 aliphatic heterocycles. The Kier molecular flexibility index (Phi) is 4.14. The molecule has 0 aromatic carbocycles. The zero-order valence-corrected chi connectivity index (χ0v) is 12.5. The summed E-state index contributed by atoms with van der Waals surface area (Å²) in [6, 6.07) is 1.91. The van der Waals surface area contributed by atoms with Crippen LogP contribution in [0.15, 0.2) is 16.2 Å². The van der Waals surface area contributed by atoms with Crippen LogP contribution in [0.25, 0.3) is 10.2 Å². The minimum Gasteiger partial charge on any atom is -0.317 e. The molecule has 0 radical (unpaired) electrons. The number of aromatic amines is 1. The first kappa shape index (κ1) is 13.7. The molecule has 108 valence electrons. The summed E-state index contributed by atoms with van der Waals surface area (Å²) in [5.41, 5.74) is 0.791. The van der Waals surface area contributed by atoms with Crippen molar-refractivity contribution in [2.24, 2.45) is 5.92 Å². The van der Waals surface area contributed by atoms with Gasteiger partial charge < -0.3 is 10.3 Å². The molecule has 2 aromatic rings. The molecular formula is C14H20N4OS. The SMILES string of the molecule is CN(Cc1nc2ccsc2c(=O)[nH]1)CC1CCNCC1. The smallest absolute Gasteiger partial charge is 0.268 e. The monoisotopic (exact) mass is 292 g/mol. The summed E-state index contributed by atoms with van der Waals surface area (Å²) in [6.07, 6.45) is 2.47. The lowest BCUT2D eigenvalue weighted by Crippen LogP contribution is -2.34. The van der Waals surface area contributed by atoms with Crippen molar-refractivity contribution in [2.75, 3.05) is 26.7 Å². The Hall–Kier alpha value is -1.24. The summed E-state index contributed by atoms with van der Waals surface area (Å²) in [5.74, 6) is 1.51. The second-order valence-corrected chi connectivity index (χ2v) is 6.45. The maximum atomic E-state index is 11.9. The molecule has 0 amide bonds. The molecule has 6 heteroatoms. The number of aromatic nitrogens is 2. The van der Waals surface area contributed by atoms with E-state index in [1.54, 1.807) is 0 Å². The van der Waals surface area contributed by atoms with Gasteiger partial charge in [-0.2, -0.15) is 0 Å². The zero-order chi connectivity index (χ0) is 13.9. The Balaban J connectivity index is 1.67. The van der Waals surface area contributed by atoms with E-state index in [1.165, 1.54) is 24.2 Å². The van der Waals surface area contributed by atoms with E-state index in [2.05, 4.69) is 27.2 Å². The van der Waals surface area contributed by atoms with Crippen molar-refractivity contribution in [1.82, 2.24) is 20.2 Å². The number of nitrogens with one attached hydrogen (secondary N) is 2. The molecule has 1 saturated heterocycles. The molecule has 0 spiro atoms. The second-order valence-electron chi connectivity index (χ2n) is 5.54. The van der Waals surface area contributed by atoms with E-state index < -0.39 is 0 Å². The maximum absolute atomic E-state index is 11.9. The van der Waals surface area contributed by atoms with Crippen LogP contribution in [0.5, 0.6) is 0 Å². The number of thiophene rings is 1. The van der Waals surface area contributed by atoms with Crippen molar-refractivity contribution < 1.29 is 0 Å². The van der Waals surface area contributed by atoms with Crippen molar-refractivity contribution in [2.45, 2.75) is 19.4 Å². The van der Waals surface area contributed by atoms with Gasteiger partial charge in [0.15, 0.2) is 0 Å². The van der Waals surface area contributed by atoms with Gasteiger partial charge in [-0.25, -0.2) is 4.98 Å². The van der Waals surface area contributed by atoms with Crippen LogP contribution < -0.4 is 10.9 Å². The Bertz CT molecular complexity index is 629. The minimum atomic E-state index is -0.0183. The minimum absolute atomic E-state index is 0.0183. The summed E-state index contributed by atoms with van der Waals surface area (Å²) >= 11 is 1.44. The molecule has 5 nitrogen and oxygen atoms in total. The largest absolute Gasteiger partial charge is 0.317 e. The van der Waals surface area contributed by atoms with E-state index >= 15 is 0 Å². The van der Waals surface area contributed by atoms with Crippen LogP contribution in [-0.4, -0.2) is 41.5 Å². The van der Waals surface area contributed by atoms with Gasteiger partial charge in [0.1, 0.15) is 10.5 Å². The molecule has 0 aliphatic carbocycles. The van der Waals surface area contributed by atoms with Crippen LogP contribution in [0, 0.1) is 5.92 Å². The van der Waals surface area contributed by atoms with E-state index in [0.717, 1.165) is 41.6 Å². The fourth-order valence-electron chi connectivity index (χ4n) is 2.82. The molecular weight excluding hydrogens is 272 g/mol. The second kappa shape index (κ2) is 6.03. The van der Waals surface area contributed by atoms with Gasteiger partial charge in [0.05, 0.1) is 12.1 Å². The van der Waals surface area contributed by atoms with Crippen LogP contribution in [0.2, 0.25) is 0 Å². The van der Waals surface area contributed by atoms with Crippen molar-refractivity contribution >= 4 is 21.6 Å². The number of piperidine rings is 1. The van der Waals surface area contributed by atoms with E-state index in [0.29, 0.717) is 6.54 Å². The number of hydrogen-bond acceptors (Lipinski definition) is 5. The van der Waals surface area contributed by atoms with E-state index in [1.807, 2.05) is 11.4 Å². The van der Waals surface area contributed by atoms with Crippen molar-refractivity contribution in [3.63, 3.8) is 0 Å². The summed E-state index contributed by atoms with van der Waals surface area (Å²) in [5, 5.41) is 5.30. The first-order valence-electron chi connectivity index (χ1n) is 7.08. The standard InChI is InChI=1S/C14H20N4OS/c1-18(8-10-2-5-15-6-3-10)9-12-16-11-4-7-20-13(11)14(19)17-12/h4,7,10,15H,2-3,5-6,8-9H2,1H3,(H,16,17,19). The van der Waals surface area contributed by atoms with E-state index in [9.17, 15) is 4.79 Å². The Labute approximate surface area is 122 Å². The summed E-state index contributed by atoms with van der Waals surface area (Å²) in [4.78, 5) is 21.6. The molecule has 20 heavy (non-hydrogen) atoms. The van der Waals surface area contributed by atoms with Crippen LogP contribution in [0.1, 0.15) is 18.7 Å².